The molecule has 1 amide bonds. The van der Waals surface area contributed by atoms with Gasteiger partial charge in [-0.05, 0) is 46.7 Å². The van der Waals surface area contributed by atoms with E-state index in [0.717, 1.165) is 11.0 Å². The third-order valence-corrected chi connectivity index (χ3v) is 4.07. The Balaban J connectivity index is 0.000000307. The molecule has 1 heterocycles. The minimum Gasteiger partial charge on any atom is -0.366 e. The average molecular weight is 447 g/mol. The molecule has 0 aliphatic rings. The molecule has 28 heavy (non-hydrogen) atoms. The number of hydrogen-bond donors (Lipinski definition) is 2. The Labute approximate surface area is 158 Å². The maximum Gasteiger partial charge on any atom is 0.417 e. The summed E-state index contributed by atoms with van der Waals surface area (Å²) in [6.45, 7) is 0. The van der Waals surface area contributed by atoms with Crippen molar-refractivity contribution in [2.24, 2.45) is 5.73 Å². The minimum atomic E-state index is -5.08. The molecule has 2 aromatic rings. The lowest BCUT2D eigenvalue weighted by molar-refractivity contribution is -0.143. The molecule has 0 spiro atoms. The van der Waals surface area contributed by atoms with Gasteiger partial charge < -0.3 is 5.73 Å². The quantitative estimate of drug-likeness (QED) is 0.537. The van der Waals surface area contributed by atoms with Crippen LogP contribution in [0.5, 0.6) is 0 Å². The third kappa shape index (κ3) is 7.70. The van der Waals surface area contributed by atoms with Gasteiger partial charge in [-0.3, -0.25) is 9.35 Å². The van der Waals surface area contributed by atoms with Crippen LogP contribution < -0.4 is 5.73 Å². The van der Waals surface area contributed by atoms with E-state index in [0.29, 0.717) is 12.1 Å². The molecule has 0 aliphatic carbocycles. The largest absolute Gasteiger partial charge is 0.417 e. The number of thiophene rings is 1. The average Bonchev–Trinajstić information content (AvgIpc) is 3.04. The van der Waals surface area contributed by atoms with E-state index in [1.54, 1.807) is 11.4 Å². The highest BCUT2D eigenvalue weighted by atomic mass is 32.2. The molecule has 2 rings (SSSR count). The van der Waals surface area contributed by atoms with Gasteiger partial charge in [0.15, 0.2) is 0 Å². The van der Waals surface area contributed by atoms with E-state index in [2.05, 4.69) is 5.73 Å². The van der Waals surface area contributed by atoms with Gasteiger partial charge in [-0.1, -0.05) is 0 Å². The fraction of sp³-hybridized carbons (Fsp3) is 0.133. The minimum absolute atomic E-state index is 0.139. The van der Waals surface area contributed by atoms with Crippen molar-refractivity contribution in [1.82, 2.24) is 0 Å². The number of hydrogen-bond acceptors (Lipinski definition) is 4. The number of nitrogens with two attached hydrogens (primary N) is 1. The molecule has 0 bridgehead atoms. The van der Waals surface area contributed by atoms with E-state index in [-0.39, 0.29) is 6.07 Å². The van der Waals surface area contributed by atoms with Crippen LogP contribution in [0.3, 0.4) is 0 Å². The molecule has 0 aliphatic heterocycles. The van der Waals surface area contributed by atoms with Crippen molar-refractivity contribution in [3.63, 3.8) is 0 Å². The van der Waals surface area contributed by atoms with E-state index in [1.807, 2.05) is 5.38 Å². The fourth-order valence-electron chi connectivity index (χ4n) is 1.70. The summed E-state index contributed by atoms with van der Waals surface area (Å²) in [4.78, 5) is 10.7. The fourth-order valence-corrected chi connectivity index (χ4v) is 2.66. The Morgan fingerprint density at radius 1 is 1.07 bits per heavy atom. The van der Waals surface area contributed by atoms with Crippen LogP contribution in [0.25, 0.3) is 6.08 Å². The monoisotopic (exact) mass is 447 g/mol. The van der Waals surface area contributed by atoms with Crippen LogP contribution in [0.1, 0.15) is 27.0 Å². The van der Waals surface area contributed by atoms with Crippen molar-refractivity contribution >= 4 is 33.4 Å². The lowest BCUT2D eigenvalue weighted by Crippen LogP contribution is -2.20. The number of carbonyl (C=O) groups is 1. The first-order chi connectivity index (χ1) is 12.6. The normalized spacial score (nSPS) is 12.5. The van der Waals surface area contributed by atoms with Gasteiger partial charge in [0.1, 0.15) is 0 Å². The molecular weight excluding hydrogens is 436 g/mol. The van der Waals surface area contributed by atoms with E-state index in [4.69, 9.17) is 4.55 Å². The number of benzene rings is 1. The van der Waals surface area contributed by atoms with Gasteiger partial charge in [0.2, 0.25) is 5.91 Å². The van der Waals surface area contributed by atoms with Gasteiger partial charge in [-0.2, -0.15) is 46.1 Å². The maximum atomic E-state index is 12.4. The van der Waals surface area contributed by atoms with Gasteiger partial charge in [0.05, 0.1) is 22.1 Å². The van der Waals surface area contributed by atoms with E-state index in [1.165, 1.54) is 17.4 Å². The van der Waals surface area contributed by atoms with Crippen LogP contribution in [0.4, 0.5) is 26.3 Å². The highest BCUT2D eigenvalue weighted by Gasteiger charge is 2.39. The van der Waals surface area contributed by atoms with Gasteiger partial charge >= 0.3 is 12.4 Å². The standard InChI is InChI=1S/C9H5F6NO.C6H6O3S2/c10-8(11,12)4-1-2-5(7(16)17)6(3-4)9(13,14)15;7-11(8,9)4-2-6-1-3-10-5-6/h1-3H,(H2,16,17);1-5H,(H,7,8,9)/b;4-2+. The lowest BCUT2D eigenvalue weighted by Gasteiger charge is -2.14. The zero-order valence-corrected chi connectivity index (χ0v) is 15.1. The summed E-state index contributed by atoms with van der Waals surface area (Å²) in [6.07, 6.45) is -8.66. The predicted molar refractivity (Wildman–Crippen MR) is 89.9 cm³/mol. The van der Waals surface area contributed by atoms with Crippen LogP contribution >= 0.6 is 11.3 Å². The van der Waals surface area contributed by atoms with E-state index < -0.39 is 45.1 Å². The molecule has 1 aromatic heterocycles. The Kier molecular flexibility index (Phi) is 7.39. The number of rotatable bonds is 3. The molecule has 5 nitrogen and oxygen atoms in total. The summed E-state index contributed by atoms with van der Waals surface area (Å²) in [7, 11) is -3.98. The highest BCUT2D eigenvalue weighted by Crippen LogP contribution is 2.37. The zero-order valence-electron chi connectivity index (χ0n) is 13.5. The number of carbonyl (C=O) groups excluding carboxylic acids is 1. The van der Waals surface area contributed by atoms with E-state index >= 15 is 0 Å². The molecule has 0 fully saturated rings. The summed E-state index contributed by atoms with van der Waals surface area (Å²) in [5.41, 5.74) is 1.24. The van der Waals surface area contributed by atoms with Crippen molar-refractivity contribution in [3.05, 3.63) is 62.7 Å². The van der Waals surface area contributed by atoms with Crippen LogP contribution in [-0.2, 0) is 22.5 Å². The Bertz CT molecular complexity index is 948. The van der Waals surface area contributed by atoms with Crippen LogP contribution in [0.15, 0.2) is 40.4 Å². The number of primary amides is 1. The van der Waals surface area contributed by atoms with Gasteiger partial charge in [0, 0.05) is 0 Å². The number of amides is 1. The summed E-state index contributed by atoms with van der Waals surface area (Å²) in [5, 5.41) is 4.36. The second kappa shape index (κ2) is 8.75. The zero-order chi connectivity index (χ0) is 21.8. The number of halogens is 6. The van der Waals surface area contributed by atoms with Crippen molar-refractivity contribution in [1.29, 1.82) is 0 Å². The van der Waals surface area contributed by atoms with Crippen LogP contribution in [-0.4, -0.2) is 18.9 Å². The lowest BCUT2D eigenvalue weighted by atomic mass is 10.0. The van der Waals surface area contributed by atoms with Gasteiger partial charge in [-0.25, -0.2) is 0 Å². The molecule has 154 valence electrons. The van der Waals surface area contributed by atoms with Crippen molar-refractivity contribution < 1.29 is 44.1 Å². The topological polar surface area (TPSA) is 97.5 Å². The SMILES string of the molecule is NC(=O)c1ccc(C(F)(F)F)cc1C(F)(F)F.O=S(=O)(O)/C=C/c1ccsc1. The highest BCUT2D eigenvalue weighted by molar-refractivity contribution is 7.88. The first kappa shape index (κ1) is 23.7. The van der Waals surface area contributed by atoms with Gasteiger partial charge in [-0.15, -0.1) is 0 Å². The maximum absolute atomic E-state index is 12.4. The summed E-state index contributed by atoms with van der Waals surface area (Å²) in [5.74, 6) is -1.44. The van der Waals surface area contributed by atoms with Crippen LogP contribution in [0.2, 0.25) is 0 Å². The second-order valence-electron chi connectivity index (χ2n) is 4.99. The van der Waals surface area contributed by atoms with Crippen molar-refractivity contribution in [3.8, 4) is 0 Å². The Hall–Kier alpha value is -2.38. The molecule has 3 N–H and O–H groups in total. The molecule has 0 radical (unpaired) electrons. The third-order valence-electron chi connectivity index (χ3n) is 2.89. The smallest absolute Gasteiger partial charge is 0.366 e. The van der Waals surface area contributed by atoms with E-state index in [9.17, 15) is 39.6 Å². The van der Waals surface area contributed by atoms with Gasteiger partial charge in [0.25, 0.3) is 10.1 Å². The van der Waals surface area contributed by atoms with Crippen molar-refractivity contribution in [2.45, 2.75) is 12.4 Å². The molecule has 0 unspecified atom stereocenters. The predicted octanol–water partition coefficient (Wildman–Crippen LogP) is 4.43. The Morgan fingerprint density at radius 2 is 1.68 bits per heavy atom. The number of alkyl halides is 6. The molecule has 0 saturated heterocycles. The first-order valence-electron chi connectivity index (χ1n) is 6.87. The van der Waals surface area contributed by atoms with Crippen LogP contribution in [0, 0.1) is 0 Å². The molecular formula is C15H11F6NO4S2. The first-order valence-corrected chi connectivity index (χ1v) is 9.32. The van der Waals surface area contributed by atoms with Crippen molar-refractivity contribution in [2.75, 3.05) is 0 Å². The molecule has 13 heteroatoms. The molecule has 0 saturated carbocycles. The molecule has 1 aromatic carbocycles. The molecule has 0 atom stereocenters. The Morgan fingerprint density at radius 3 is 2.07 bits per heavy atom. The summed E-state index contributed by atoms with van der Waals surface area (Å²) < 4.78 is 103. The second-order valence-corrected chi connectivity index (χ2v) is 7.08. The summed E-state index contributed by atoms with van der Waals surface area (Å²) >= 11 is 1.46. The summed E-state index contributed by atoms with van der Waals surface area (Å²) in [6, 6.07) is 2.40.